The molecule has 0 radical (unpaired) electrons. The summed E-state index contributed by atoms with van der Waals surface area (Å²) in [5.74, 6) is -1.08. The number of esters is 1. The fraction of sp³-hybridized carbons (Fsp3) is 0.421. The lowest BCUT2D eigenvalue weighted by molar-refractivity contribution is -0.120. The van der Waals surface area contributed by atoms with Gasteiger partial charge in [-0.3, -0.25) is 9.59 Å². The molecule has 142 valence electrons. The van der Waals surface area contributed by atoms with Gasteiger partial charge in [-0.2, -0.15) is 4.99 Å². The van der Waals surface area contributed by atoms with Crippen molar-refractivity contribution in [2.75, 3.05) is 17.7 Å². The average Bonchev–Trinajstić information content (AvgIpc) is 2.67. The summed E-state index contributed by atoms with van der Waals surface area (Å²) < 4.78 is 5.00. The molecule has 1 N–H and O–H groups in total. The zero-order valence-corrected chi connectivity index (χ0v) is 15.9. The summed E-state index contributed by atoms with van der Waals surface area (Å²) in [5, 5.41) is 3.04. The second-order valence-corrected chi connectivity index (χ2v) is 7.18. The van der Waals surface area contributed by atoms with E-state index in [4.69, 9.17) is 4.74 Å². The summed E-state index contributed by atoms with van der Waals surface area (Å²) in [6, 6.07) is 6.67. The molecule has 1 aliphatic carbocycles. The van der Waals surface area contributed by atoms with Crippen molar-refractivity contribution in [1.82, 2.24) is 0 Å². The maximum absolute atomic E-state index is 12.3. The Balaban J connectivity index is 1.60. The van der Waals surface area contributed by atoms with Gasteiger partial charge in [-0.15, -0.1) is 0 Å². The summed E-state index contributed by atoms with van der Waals surface area (Å²) in [5.41, 5.74) is 1.58. The van der Waals surface area contributed by atoms with Gasteiger partial charge in [0.05, 0.1) is 29.5 Å². The molecule has 1 heterocycles. The summed E-state index contributed by atoms with van der Waals surface area (Å²) in [6.45, 7) is 1.98. The molecule has 7 nitrogen and oxygen atoms in total. The van der Waals surface area contributed by atoms with Gasteiger partial charge < -0.3 is 10.1 Å². The summed E-state index contributed by atoms with van der Waals surface area (Å²) >= 11 is 1.12. The molecular weight excluding hydrogens is 366 g/mol. The number of fused-ring (bicyclic) bond motifs is 1. The van der Waals surface area contributed by atoms with E-state index in [1.807, 2.05) is 0 Å². The lowest BCUT2D eigenvalue weighted by atomic mass is 9.86. The van der Waals surface area contributed by atoms with E-state index in [-0.39, 0.29) is 30.1 Å². The maximum atomic E-state index is 12.3. The molecule has 1 saturated carbocycles. The Morgan fingerprint density at radius 2 is 2.07 bits per heavy atom. The third kappa shape index (κ3) is 4.82. The number of amidine groups is 1. The van der Waals surface area contributed by atoms with Gasteiger partial charge in [-0.25, -0.2) is 9.79 Å². The van der Waals surface area contributed by atoms with Crippen molar-refractivity contribution in [3.8, 4) is 0 Å². The van der Waals surface area contributed by atoms with Crippen molar-refractivity contribution in [2.24, 2.45) is 15.9 Å². The Kier molecular flexibility index (Phi) is 6.39. The first-order valence-electron chi connectivity index (χ1n) is 8.97. The Morgan fingerprint density at radius 3 is 2.89 bits per heavy atom. The lowest BCUT2D eigenvalue weighted by Gasteiger charge is -2.24. The topological polar surface area (TPSA) is 97.2 Å². The summed E-state index contributed by atoms with van der Waals surface area (Å²) in [6.07, 6.45) is 3.68. The predicted molar refractivity (Wildman–Crippen MR) is 105 cm³/mol. The fourth-order valence-corrected chi connectivity index (χ4v) is 3.74. The molecule has 8 heteroatoms. The van der Waals surface area contributed by atoms with Crippen LogP contribution in [-0.2, 0) is 14.3 Å². The minimum absolute atomic E-state index is 0.0463. The zero-order valence-electron chi connectivity index (χ0n) is 15.1. The fourth-order valence-electron chi connectivity index (χ4n) is 3.08. The Morgan fingerprint density at radius 1 is 1.26 bits per heavy atom. The second-order valence-electron chi connectivity index (χ2n) is 6.24. The van der Waals surface area contributed by atoms with E-state index in [0.29, 0.717) is 16.4 Å². The lowest BCUT2D eigenvalue weighted by Crippen LogP contribution is -2.30. The molecule has 0 saturated heterocycles. The third-order valence-electron chi connectivity index (χ3n) is 4.35. The number of nitrogens with one attached hydrogen (secondary N) is 1. The van der Waals surface area contributed by atoms with Gasteiger partial charge >= 0.3 is 5.97 Å². The number of hydrogen-bond donors (Lipinski definition) is 1. The van der Waals surface area contributed by atoms with Gasteiger partial charge in [0, 0.05) is 5.71 Å². The number of aliphatic imine (C=N–C) groups is 2. The van der Waals surface area contributed by atoms with Crippen LogP contribution in [0.15, 0.2) is 34.3 Å². The van der Waals surface area contributed by atoms with E-state index < -0.39 is 5.97 Å². The van der Waals surface area contributed by atoms with E-state index in [0.717, 1.165) is 43.2 Å². The smallest absolute Gasteiger partial charge is 0.340 e. The summed E-state index contributed by atoms with van der Waals surface area (Å²) in [7, 11) is 0. The molecule has 1 aromatic rings. The molecule has 1 fully saturated rings. The number of nitrogens with zero attached hydrogens (tertiary/aromatic N) is 2. The third-order valence-corrected chi connectivity index (χ3v) is 5.20. The van der Waals surface area contributed by atoms with Crippen LogP contribution in [0.3, 0.4) is 0 Å². The molecule has 2 aliphatic rings. The highest BCUT2D eigenvalue weighted by atomic mass is 32.2. The number of thioether (sulfide) groups is 1. The maximum Gasteiger partial charge on any atom is 0.340 e. The molecule has 0 aromatic heterocycles. The van der Waals surface area contributed by atoms with Gasteiger partial charge in [0.25, 0.3) is 5.91 Å². The largest absolute Gasteiger partial charge is 0.462 e. The van der Waals surface area contributed by atoms with Crippen molar-refractivity contribution in [3.05, 3.63) is 29.8 Å². The molecule has 1 unspecified atom stereocenters. The van der Waals surface area contributed by atoms with Crippen LogP contribution in [-0.4, -0.2) is 41.0 Å². The van der Waals surface area contributed by atoms with Crippen LogP contribution in [0.1, 0.15) is 43.0 Å². The molecule has 1 aliphatic heterocycles. The molecule has 27 heavy (non-hydrogen) atoms. The van der Waals surface area contributed by atoms with Crippen LogP contribution in [0.25, 0.3) is 0 Å². The van der Waals surface area contributed by atoms with Crippen LogP contribution in [0.4, 0.5) is 5.69 Å². The molecule has 0 spiro atoms. The Bertz CT molecular complexity index is 819. The van der Waals surface area contributed by atoms with Gasteiger partial charge in [0.15, 0.2) is 5.17 Å². The van der Waals surface area contributed by atoms with Crippen LogP contribution in [0.5, 0.6) is 0 Å². The number of anilines is 1. The first-order valence-corrected chi connectivity index (χ1v) is 9.96. The second kappa shape index (κ2) is 8.94. The number of para-hydroxylation sites is 1. The SMILES string of the molecule is CCOC(=O)c1ccccc1NC(=O)CSC1=NC(=O)C2CCCCC2=N1. The standard InChI is InChI=1S/C19H21N3O4S/c1-2-26-18(25)13-8-4-6-10-15(13)20-16(23)11-27-19-21-14-9-5-3-7-12(14)17(24)22-19/h4,6,8,10,12H,2-3,5,7,9,11H2,1H3,(H,20,23). The highest BCUT2D eigenvalue weighted by Gasteiger charge is 2.31. The van der Waals surface area contributed by atoms with Crippen molar-refractivity contribution in [3.63, 3.8) is 0 Å². The van der Waals surface area contributed by atoms with Crippen molar-refractivity contribution in [2.45, 2.75) is 32.6 Å². The van der Waals surface area contributed by atoms with Gasteiger partial charge in [0.2, 0.25) is 5.91 Å². The van der Waals surface area contributed by atoms with E-state index in [9.17, 15) is 14.4 Å². The predicted octanol–water partition coefficient (Wildman–Crippen LogP) is 3.06. The van der Waals surface area contributed by atoms with E-state index >= 15 is 0 Å². The molecule has 1 aromatic carbocycles. The first-order chi connectivity index (χ1) is 13.1. The number of hydrogen-bond acceptors (Lipinski definition) is 6. The number of carbonyl (C=O) groups is 3. The van der Waals surface area contributed by atoms with Crippen LogP contribution in [0, 0.1) is 5.92 Å². The summed E-state index contributed by atoms with van der Waals surface area (Å²) in [4.78, 5) is 44.8. The molecule has 2 amide bonds. The number of carbonyl (C=O) groups excluding carboxylic acids is 3. The van der Waals surface area contributed by atoms with Crippen molar-refractivity contribution < 1.29 is 19.1 Å². The van der Waals surface area contributed by atoms with E-state index in [1.54, 1.807) is 31.2 Å². The van der Waals surface area contributed by atoms with Gasteiger partial charge in [0.1, 0.15) is 0 Å². The molecule has 0 bridgehead atoms. The van der Waals surface area contributed by atoms with Crippen LogP contribution >= 0.6 is 11.8 Å². The zero-order chi connectivity index (χ0) is 19.2. The highest BCUT2D eigenvalue weighted by molar-refractivity contribution is 8.14. The Labute approximate surface area is 161 Å². The molecule has 1 atom stereocenters. The number of benzene rings is 1. The highest BCUT2D eigenvalue weighted by Crippen LogP contribution is 2.27. The van der Waals surface area contributed by atoms with Crippen LogP contribution < -0.4 is 5.32 Å². The quantitative estimate of drug-likeness (QED) is 0.783. The normalized spacial score (nSPS) is 18.9. The average molecular weight is 387 g/mol. The number of amides is 2. The van der Waals surface area contributed by atoms with Gasteiger partial charge in [-0.1, -0.05) is 30.3 Å². The minimum atomic E-state index is -0.488. The Hall–Kier alpha value is -2.48. The van der Waals surface area contributed by atoms with Gasteiger partial charge in [-0.05, 0) is 38.3 Å². The monoisotopic (exact) mass is 387 g/mol. The molecular formula is C19H21N3O4S. The number of rotatable bonds is 5. The minimum Gasteiger partial charge on any atom is -0.462 e. The van der Waals surface area contributed by atoms with E-state index in [1.165, 1.54) is 0 Å². The first kappa shape index (κ1) is 19.3. The van der Waals surface area contributed by atoms with Crippen molar-refractivity contribution in [1.29, 1.82) is 0 Å². The van der Waals surface area contributed by atoms with Crippen LogP contribution in [0.2, 0.25) is 0 Å². The van der Waals surface area contributed by atoms with E-state index in [2.05, 4.69) is 15.3 Å². The number of ether oxygens (including phenoxy) is 1. The molecule has 3 rings (SSSR count). The van der Waals surface area contributed by atoms with Crippen molar-refractivity contribution >= 4 is 46.1 Å².